The van der Waals surface area contributed by atoms with Crippen LogP contribution in [0.2, 0.25) is 0 Å². The SMILES string of the molecule is CCCCCc1ccc(C#Cc2ccc(C3OC(C(=O)O)C(C(=O)O)O3)cc2)c(F)c1F. The van der Waals surface area contributed by atoms with Crippen LogP contribution in [-0.4, -0.2) is 34.4 Å². The lowest BCUT2D eigenvalue weighted by molar-refractivity contribution is -0.156. The van der Waals surface area contributed by atoms with Crippen LogP contribution in [0.15, 0.2) is 36.4 Å². The van der Waals surface area contributed by atoms with E-state index in [9.17, 15) is 18.4 Å². The standard InChI is InChI=1S/C24H22F2O6/c1-2-3-4-5-15-12-13-16(19(26)18(15)25)9-6-14-7-10-17(11-8-14)24-31-20(22(27)28)21(32-24)23(29)30/h7-8,10-13,20-21,24H,2-5H2,1H3,(H,27,28)(H,29,30). The number of hydrogen-bond donors (Lipinski definition) is 2. The van der Waals surface area contributed by atoms with E-state index in [0.29, 0.717) is 23.1 Å². The van der Waals surface area contributed by atoms with Gasteiger partial charge in [-0.2, -0.15) is 0 Å². The molecule has 1 fully saturated rings. The summed E-state index contributed by atoms with van der Waals surface area (Å²) in [5.41, 5.74) is 1.17. The van der Waals surface area contributed by atoms with Crippen molar-refractivity contribution in [1.29, 1.82) is 0 Å². The highest BCUT2D eigenvalue weighted by atomic mass is 19.2. The lowest BCUT2D eigenvalue weighted by Crippen LogP contribution is -2.36. The molecule has 8 heteroatoms. The van der Waals surface area contributed by atoms with Gasteiger partial charge in [0.25, 0.3) is 0 Å². The zero-order valence-corrected chi connectivity index (χ0v) is 17.3. The first-order chi connectivity index (χ1) is 15.3. The second-order valence-electron chi connectivity index (χ2n) is 7.35. The zero-order chi connectivity index (χ0) is 23.3. The van der Waals surface area contributed by atoms with Crippen LogP contribution in [0, 0.1) is 23.5 Å². The molecule has 3 rings (SSSR count). The van der Waals surface area contributed by atoms with E-state index in [1.807, 2.05) is 6.92 Å². The molecule has 0 spiro atoms. The molecule has 0 bridgehead atoms. The maximum Gasteiger partial charge on any atom is 0.336 e. The Kier molecular flexibility index (Phi) is 7.57. The largest absolute Gasteiger partial charge is 0.479 e. The molecule has 6 nitrogen and oxygen atoms in total. The van der Waals surface area contributed by atoms with Crippen molar-refractivity contribution in [3.63, 3.8) is 0 Å². The van der Waals surface area contributed by atoms with E-state index in [4.69, 9.17) is 19.7 Å². The summed E-state index contributed by atoms with van der Waals surface area (Å²) in [6, 6.07) is 9.20. The number of halogens is 2. The highest BCUT2D eigenvalue weighted by molar-refractivity contribution is 5.84. The Morgan fingerprint density at radius 1 is 0.906 bits per heavy atom. The molecule has 2 N–H and O–H groups in total. The van der Waals surface area contributed by atoms with E-state index in [-0.39, 0.29) is 5.56 Å². The number of aliphatic carboxylic acids is 2. The van der Waals surface area contributed by atoms with E-state index in [1.54, 1.807) is 18.2 Å². The Morgan fingerprint density at radius 3 is 2.09 bits per heavy atom. The zero-order valence-electron chi connectivity index (χ0n) is 17.3. The summed E-state index contributed by atoms with van der Waals surface area (Å²) in [6.45, 7) is 2.04. The summed E-state index contributed by atoms with van der Waals surface area (Å²) in [7, 11) is 0. The van der Waals surface area contributed by atoms with Gasteiger partial charge in [-0.05, 0) is 36.6 Å². The van der Waals surface area contributed by atoms with Gasteiger partial charge in [-0.1, -0.05) is 49.8 Å². The topological polar surface area (TPSA) is 93.1 Å². The Balaban J connectivity index is 1.72. The summed E-state index contributed by atoms with van der Waals surface area (Å²) in [5.74, 6) is 0.635. The van der Waals surface area contributed by atoms with Crippen molar-refractivity contribution < 1.29 is 38.1 Å². The number of carbonyl (C=O) groups is 2. The van der Waals surface area contributed by atoms with Crippen molar-refractivity contribution in [2.24, 2.45) is 0 Å². The first kappa shape index (κ1) is 23.4. The van der Waals surface area contributed by atoms with Crippen molar-refractivity contribution in [3.05, 3.63) is 70.3 Å². The first-order valence-corrected chi connectivity index (χ1v) is 10.2. The van der Waals surface area contributed by atoms with Gasteiger partial charge in [0.1, 0.15) is 0 Å². The molecule has 2 aromatic carbocycles. The lowest BCUT2D eigenvalue weighted by Gasteiger charge is -2.09. The number of aryl methyl sites for hydroxylation is 1. The van der Waals surface area contributed by atoms with Crippen LogP contribution in [-0.2, 0) is 25.5 Å². The van der Waals surface area contributed by atoms with Crippen molar-refractivity contribution in [2.75, 3.05) is 0 Å². The van der Waals surface area contributed by atoms with Gasteiger partial charge in [0.2, 0.25) is 0 Å². The molecule has 1 heterocycles. The van der Waals surface area contributed by atoms with Gasteiger partial charge < -0.3 is 19.7 Å². The number of rotatable bonds is 7. The molecular formula is C24H22F2O6. The highest BCUT2D eigenvalue weighted by Gasteiger charge is 2.46. The molecule has 1 aliphatic rings. The fourth-order valence-corrected chi connectivity index (χ4v) is 3.28. The minimum atomic E-state index is -1.63. The smallest absolute Gasteiger partial charge is 0.336 e. The molecule has 0 radical (unpaired) electrons. The van der Waals surface area contributed by atoms with Crippen LogP contribution in [0.4, 0.5) is 8.78 Å². The highest BCUT2D eigenvalue weighted by Crippen LogP contribution is 2.31. The second-order valence-corrected chi connectivity index (χ2v) is 7.35. The molecule has 168 valence electrons. The van der Waals surface area contributed by atoms with Gasteiger partial charge in [-0.25, -0.2) is 18.4 Å². The summed E-state index contributed by atoms with van der Waals surface area (Å²) in [5, 5.41) is 18.2. The molecule has 0 aliphatic carbocycles. The first-order valence-electron chi connectivity index (χ1n) is 10.2. The summed E-state index contributed by atoms with van der Waals surface area (Å²) >= 11 is 0. The van der Waals surface area contributed by atoms with E-state index in [0.717, 1.165) is 19.3 Å². The van der Waals surface area contributed by atoms with Gasteiger partial charge in [0.05, 0.1) is 5.56 Å². The van der Waals surface area contributed by atoms with Gasteiger partial charge in [-0.15, -0.1) is 0 Å². The minimum absolute atomic E-state index is 0.0538. The molecular weight excluding hydrogens is 422 g/mol. The van der Waals surface area contributed by atoms with Crippen molar-refractivity contribution >= 4 is 11.9 Å². The van der Waals surface area contributed by atoms with E-state index >= 15 is 0 Å². The van der Waals surface area contributed by atoms with Gasteiger partial charge in [0.15, 0.2) is 30.1 Å². The van der Waals surface area contributed by atoms with Crippen molar-refractivity contribution in [1.82, 2.24) is 0 Å². The molecule has 1 aliphatic heterocycles. The monoisotopic (exact) mass is 444 g/mol. The molecule has 0 aromatic heterocycles. The number of carboxylic acids is 2. The molecule has 1 saturated heterocycles. The van der Waals surface area contributed by atoms with Crippen LogP contribution in [0.3, 0.4) is 0 Å². The molecule has 32 heavy (non-hydrogen) atoms. The fourth-order valence-electron chi connectivity index (χ4n) is 3.28. The van der Waals surface area contributed by atoms with Crippen LogP contribution < -0.4 is 0 Å². The third kappa shape index (κ3) is 5.31. The predicted molar refractivity (Wildman–Crippen MR) is 110 cm³/mol. The lowest BCUT2D eigenvalue weighted by atomic mass is 10.0. The third-order valence-electron chi connectivity index (χ3n) is 5.04. The normalized spacial score (nSPS) is 19.9. The number of unbranched alkanes of at least 4 members (excludes halogenated alkanes) is 2. The quantitative estimate of drug-likeness (QED) is 0.495. The molecule has 2 unspecified atom stereocenters. The number of carboxylic acid groups (broad SMARTS) is 2. The van der Waals surface area contributed by atoms with E-state index < -0.39 is 42.1 Å². The summed E-state index contributed by atoms with van der Waals surface area (Å²) in [6.07, 6.45) is -1.21. The van der Waals surface area contributed by atoms with Crippen LogP contribution in [0.25, 0.3) is 0 Å². The van der Waals surface area contributed by atoms with Gasteiger partial charge in [0, 0.05) is 11.1 Å². The van der Waals surface area contributed by atoms with Crippen molar-refractivity contribution in [2.45, 2.75) is 51.1 Å². The number of benzene rings is 2. The maximum absolute atomic E-state index is 14.3. The Labute approximate surface area is 183 Å². The van der Waals surface area contributed by atoms with Crippen LogP contribution in [0.1, 0.15) is 54.7 Å². The van der Waals surface area contributed by atoms with E-state index in [2.05, 4.69) is 11.8 Å². The molecule has 0 saturated carbocycles. The Hall–Kier alpha value is -3.28. The van der Waals surface area contributed by atoms with Gasteiger partial charge in [-0.3, -0.25) is 0 Å². The van der Waals surface area contributed by atoms with Crippen molar-refractivity contribution in [3.8, 4) is 11.8 Å². The fraction of sp³-hybridized carbons (Fsp3) is 0.333. The summed E-state index contributed by atoms with van der Waals surface area (Å²) < 4.78 is 39.0. The second kappa shape index (κ2) is 10.4. The van der Waals surface area contributed by atoms with E-state index in [1.165, 1.54) is 18.2 Å². The number of ether oxygens (including phenoxy) is 2. The average molecular weight is 444 g/mol. The third-order valence-corrected chi connectivity index (χ3v) is 5.04. The maximum atomic E-state index is 14.3. The Bertz CT molecular complexity index is 1030. The number of hydrogen-bond acceptors (Lipinski definition) is 4. The molecule has 2 aromatic rings. The Morgan fingerprint density at radius 2 is 1.53 bits per heavy atom. The minimum Gasteiger partial charge on any atom is -0.479 e. The van der Waals surface area contributed by atoms with Crippen LogP contribution in [0.5, 0.6) is 0 Å². The predicted octanol–water partition coefficient (Wildman–Crippen LogP) is 4.05. The molecule has 0 amide bonds. The van der Waals surface area contributed by atoms with Crippen LogP contribution >= 0.6 is 0 Å². The van der Waals surface area contributed by atoms with Gasteiger partial charge >= 0.3 is 11.9 Å². The average Bonchev–Trinajstić information content (AvgIpc) is 3.23. The molecule has 2 atom stereocenters. The summed E-state index contributed by atoms with van der Waals surface area (Å²) in [4.78, 5) is 22.3.